The Bertz CT molecular complexity index is 586. The molecule has 0 bridgehead atoms. The maximum atomic E-state index is 13.9. The van der Waals surface area contributed by atoms with Crippen LogP contribution in [0.5, 0.6) is 0 Å². The Kier molecular flexibility index (Phi) is 4.97. The highest BCUT2D eigenvalue weighted by Crippen LogP contribution is 2.29. The molecule has 1 nitrogen and oxygen atoms in total. The molecule has 0 radical (unpaired) electrons. The van der Waals surface area contributed by atoms with E-state index in [-0.39, 0.29) is 5.82 Å². The third-order valence-corrected chi connectivity index (χ3v) is 3.71. The van der Waals surface area contributed by atoms with Gasteiger partial charge in [-0.15, -0.1) is 0 Å². The van der Waals surface area contributed by atoms with Crippen molar-refractivity contribution in [2.75, 3.05) is 6.54 Å². The van der Waals surface area contributed by atoms with Crippen molar-refractivity contribution in [3.05, 3.63) is 57.3 Å². The summed E-state index contributed by atoms with van der Waals surface area (Å²) in [5.74, 6) is -0.236. The summed E-state index contributed by atoms with van der Waals surface area (Å²) >= 11 is 9.51. The van der Waals surface area contributed by atoms with Crippen molar-refractivity contribution < 1.29 is 4.39 Å². The van der Waals surface area contributed by atoms with Gasteiger partial charge in [-0.1, -0.05) is 40.5 Å². The van der Waals surface area contributed by atoms with E-state index < -0.39 is 0 Å². The number of nitrogens with one attached hydrogen (secondary N) is 1. The molecule has 4 heteroatoms. The van der Waals surface area contributed by atoms with Crippen LogP contribution in [-0.2, 0) is 6.54 Å². The molecular weight excluding hydrogens is 329 g/mol. The maximum absolute atomic E-state index is 13.9. The lowest BCUT2D eigenvalue weighted by Crippen LogP contribution is -2.12. The first-order valence-electron chi connectivity index (χ1n) is 6.06. The van der Waals surface area contributed by atoms with E-state index in [2.05, 4.69) is 21.2 Å². The van der Waals surface area contributed by atoms with Crippen molar-refractivity contribution in [1.29, 1.82) is 0 Å². The average molecular weight is 343 g/mol. The fraction of sp³-hybridized carbons (Fsp3) is 0.200. The average Bonchev–Trinajstić information content (AvgIpc) is 2.41. The molecule has 100 valence electrons. The van der Waals surface area contributed by atoms with Crippen molar-refractivity contribution in [2.24, 2.45) is 0 Å². The zero-order valence-corrected chi connectivity index (χ0v) is 12.9. The molecule has 2 aromatic carbocycles. The summed E-state index contributed by atoms with van der Waals surface area (Å²) in [5, 5.41) is 3.92. The molecule has 0 aromatic heterocycles. The zero-order chi connectivity index (χ0) is 13.8. The molecule has 0 saturated heterocycles. The van der Waals surface area contributed by atoms with Crippen molar-refractivity contribution in [3.8, 4) is 11.1 Å². The predicted molar refractivity (Wildman–Crippen MR) is 81.9 cm³/mol. The summed E-state index contributed by atoms with van der Waals surface area (Å²) in [6.45, 7) is 3.58. The van der Waals surface area contributed by atoms with Crippen LogP contribution in [0.25, 0.3) is 11.1 Å². The van der Waals surface area contributed by atoms with Gasteiger partial charge in [0, 0.05) is 21.6 Å². The lowest BCUT2D eigenvalue weighted by molar-refractivity contribution is 0.631. The fourth-order valence-electron chi connectivity index (χ4n) is 1.86. The molecule has 2 rings (SSSR count). The molecule has 0 heterocycles. The first-order chi connectivity index (χ1) is 9.11. The topological polar surface area (TPSA) is 12.0 Å². The van der Waals surface area contributed by atoms with E-state index in [0.717, 1.165) is 22.1 Å². The van der Waals surface area contributed by atoms with Gasteiger partial charge in [-0.05, 0) is 48.0 Å². The SMILES string of the molecule is CCNCc1cc(-c2cc(Br)ccc2F)ccc1Cl. The van der Waals surface area contributed by atoms with E-state index in [1.165, 1.54) is 6.07 Å². The minimum Gasteiger partial charge on any atom is -0.313 e. The van der Waals surface area contributed by atoms with E-state index in [1.54, 1.807) is 12.1 Å². The van der Waals surface area contributed by atoms with Crippen LogP contribution in [0.2, 0.25) is 5.02 Å². The van der Waals surface area contributed by atoms with Crippen LogP contribution in [0.1, 0.15) is 12.5 Å². The highest BCUT2D eigenvalue weighted by Gasteiger charge is 2.08. The Morgan fingerprint density at radius 3 is 2.74 bits per heavy atom. The van der Waals surface area contributed by atoms with Gasteiger partial charge in [-0.25, -0.2) is 4.39 Å². The van der Waals surface area contributed by atoms with Crippen molar-refractivity contribution in [1.82, 2.24) is 5.32 Å². The minimum atomic E-state index is -0.236. The van der Waals surface area contributed by atoms with Gasteiger partial charge < -0.3 is 5.32 Å². The minimum absolute atomic E-state index is 0.236. The second-order valence-corrected chi connectivity index (χ2v) is 5.53. The third-order valence-electron chi connectivity index (χ3n) is 2.85. The second-order valence-electron chi connectivity index (χ2n) is 4.21. The molecule has 0 aliphatic heterocycles. The summed E-state index contributed by atoms with van der Waals surface area (Å²) < 4.78 is 14.7. The van der Waals surface area contributed by atoms with Crippen LogP contribution < -0.4 is 5.32 Å². The molecule has 0 aliphatic rings. The Morgan fingerprint density at radius 1 is 1.21 bits per heavy atom. The molecule has 0 spiro atoms. The van der Waals surface area contributed by atoms with Gasteiger partial charge in [-0.3, -0.25) is 0 Å². The first-order valence-corrected chi connectivity index (χ1v) is 7.23. The van der Waals surface area contributed by atoms with Gasteiger partial charge in [0.2, 0.25) is 0 Å². The standard InChI is InChI=1S/C15H14BrClFN/c1-2-19-9-11-7-10(3-5-14(11)17)13-8-12(16)4-6-15(13)18/h3-8,19H,2,9H2,1H3. The van der Waals surface area contributed by atoms with E-state index in [9.17, 15) is 4.39 Å². The lowest BCUT2D eigenvalue weighted by Gasteiger charge is -2.09. The van der Waals surface area contributed by atoms with Gasteiger partial charge in [-0.2, -0.15) is 0 Å². The predicted octanol–water partition coefficient (Wildman–Crippen LogP) is 5.02. The Hall–Kier alpha value is -0.900. The third kappa shape index (κ3) is 3.56. The second kappa shape index (κ2) is 6.51. The summed E-state index contributed by atoms with van der Waals surface area (Å²) in [5.41, 5.74) is 2.38. The Balaban J connectivity index is 2.42. The monoisotopic (exact) mass is 341 g/mol. The summed E-state index contributed by atoms with van der Waals surface area (Å²) in [6, 6.07) is 10.5. The molecular formula is C15H14BrClFN. The van der Waals surface area contributed by atoms with Crippen LogP contribution in [0.4, 0.5) is 4.39 Å². The van der Waals surface area contributed by atoms with Crippen LogP contribution >= 0.6 is 27.5 Å². The normalized spacial score (nSPS) is 10.7. The first kappa shape index (κ1) is 14.5. The lowest BCUT2D eigenvalue weighted by atomic mass is 10.0. The molecule has 0 atom stereocenters. The van der Waals surface area contributed by atoms with Crippen molar-refractivity contribution >= 4 is 27.5 Å². The van der Waals surface area contributed by atoms with E-state index >= 15 is 0 Å². The van der Waals surface area contributed by atoms with Crippen molar-refractivity contribution in [2.45, 2.75) is 13.5 Å². The Morgan fingerprint density at radius 2 is 2.00 bits per heavy atom. The number of benzene rings is 2. The molecule has 0 fully saturated rings. The van der Waals surface area contributed by atoms with Gasteiger partial charge in [0.05, 0.1) is 0 Å². The zero-order valence-electron chi connectivity index (χ0n) is 10.5. The summed E-state index contributed by atoms with van der Waals surface area (Å²) in [6.07, 6.45) is 0. The summed E-state index contributed by atoms with van der Waals surface area (Å²) in [4.78, 5) is 0. The highest BCUT2D eigenvalue weighted by molar-refractivity contribution is 9.10. The largest absolute Gasteiger partial charge is 0.313 e. The molecule has 0 unspecified atom stereocenters. The number of hydrogen-bond acceptors (Lipinski definition) is 1. The molecule has 0 aliphatic carbocycles. The molecule has 1 N–H and O–H groups in total. The van der Waals surface area contributed by atoms with E-state index in [1.807, 2.05) is 25.1 Å². The van der Waals surface area contributed by atoms with Crippen molar-refractivity contribution in [3.63, 3.8) is 0 Å². The van der Waals surface area contributed by atoms with E-state index in [0.29, 0.717) is 17.1 Å². The number of hydrogen-bond donors (Lipinski definition) is 1. The number of rotatable bonds is 4. The Labute approximate surface area is 125 Å². The van der Waals surface area contributed by atoms with Crippen LogP contribution in [0.15, 0.2) is 40.9 Å². The van der Waals surface area contributed by atoms with Crippen LogP contribution in [-0.4, -0.2) is 6.54 Å². The van der Waals surface area contributed by atoms with E-state index in [4.69, 9.17) is 11.6 Å². The quantitative estimate of drug-likeness (QED) is 0.823. The summed E-state index contributed by atoms with van der Waals surface area (Å²) in [7, 11) is 0. The van der Waals surface area contributed by atoms with Gasteiger partial charge in [0.15, 0.2) is 0 Å². The number of halogens is 3. The van der Waals surface area contributed by atoms with Crippen LogP contribution in [0.3, 0.4) is 0 Å². The highest BCUT2D eigenvalue weighted by atomic mass is 79.9. The fourth-order valence-corrected chi connectivity index (χ4v) is 2.40. The van der Waals surface area contributed by atoms with Crippen LogP contribution in [0, 0.1) is 5.82 Å². The van der Waals surface area contributed by atoms with Gasteiger partial charge in [0.1, 0.15) is 5.82 Å². The van der Waals surface area contributed by atoms with Gasteiger partial charge >= 0.3 is 0 Å². The molecule has 19 heavy (non-hydrogen) atoms. The molecule has 0 saturated carbocycles. The maximum Gasteiger partial charge on any atom is 0.131 e. The van der Waals surface area contributed by atoms with Gasteiger partial charge in [0.25, 0.3) is 0 Å². The smallest absolute Gasteiger partial charge is 0.131 e. The molecule has 2 aromatic rings. The molecule has 0 amide bonds.